The maximum Gasteiger partial charge on any atom is 0.321 e. The summed E-state index contributed by atoms with van der Waals surface area (Å²) in [6.07, 6.45) is 3.17. The van der Waals surface area contributed by atoms with E-state index < -0.39 is 11.6 Å². The summed E-state index contributed by atoms with van der Waals surface area (Å²) in [5, 5.41) is 11.8. The van der Waals surface area contributed by atoms with Crippen LogP contribution < -0.4 is 10.2 Å². The average Bonchev–Trinajstić information content (AvgIpc) is 2.83. The third-order valence-electron chi connectivity index (χ3n) is 5.87. The van der Waals surface area contributed by atoms with Gasteiger partial charge >= 0.3 is 6.03 Å². The summed E-state index contributed by atoms with van der Waals surface area (Å²) < 4.78 is 26.9. The first-order valence-corrected chi connectivity index (χ1v) is 10.6. The van der Waals surface area contributed by atoms with Gasteiger partial charge in [-0.2, -0.15) is 5.26 Å². The SMILES string of the molecule is CN(C(=O)Nc1ccc(-c2cc(F)cc(F)c2)cc1)C1CCN(c2ccc(C#N)cn2)CC1. The van der Waals surface area contributed by atoms with Crippen molar-refractivity contribution in [2.75, 3.05) is 30.4 Å². The molecule has 4 rings (SSSR count). The second kappa shape index (κ2) is 9.65. The lowest BCUT2D eigenvalue weighted by atomic mass is 10.0. The fraction of sp³-hybridized carbons (Fsp3) is 0.240. The molecule has 1 aromatic heterocycles. The number of nitriles is 1. The number of anilines is 2. The van der Waals surface area contributed by atoms with Gasteiger partial charge in [-0.3, -0.25) is 0 Å². The zero-order valence-electron chi connectivity index (χ0n) is 18.1. The van der Waals surface area contributed by atoms with Crippen LogP contribution in [0.3, 0.4) is 0 Å². The Morgan fingerprint density at radius 1 is 1.06 bits per heavy atom. The topological polar surface area (TPSA) is 72.3 Å². The van der Waals surface area contributed by atoms with Gasteiger partial charge in [0.1, 0.15) is 23.5 Å². The van der Waals surface area contributed by atoms with Crippen LogP contribution in [0.15, 0.2) is 60.8 Å². The maximum absolute atomic E-state index is 13.5. The Hall–Kier alpha value is -3.99. The van der Waals surface area contributed by atoms with Gasteiger partial charge in [-0.1, -0.05) is 12.1 Å². The van der Waals surface area contributed by atoms with Gasteiger partial charge in [-0.25, -0.2) is 18.6 Å². The van der Waals surface area contributed by atoms with Crippen molar-refractivity contribution in [3.05, 3.63) is 78.0 Å². The van der Waals surface area contributed by atoms with Gasteiger partial charge in [-0.05, 0) is 60.4 Å². The van der Waals surface area contributed by atoms with Crippen molar-refractivity contribution in [3.8, 4) is 17.2 Å². The van der Waals surface area contributed by atoms with Crippen LogP contribution >= 0.6 is 0 Å². The fourth-order valence-corrected chi connectivity index (χ4v) is 3.97. The Kier molecular flexibility index (Phi) is 6.50. The predicted octanol–water partition coefficient (Wildman–Crippen LogP) is 5.03. The van der Waals surface area contributed by atoms with Crippen LogP contribution in [0.1, 0.15) is 18.4 Å². The van der Waals surface area contributed by atoms with Crippen molar-refractivity contribution in [2.45, 2.75) is 18.9 Å². The lowest BCUT2D eigenvalue weighted by Gasteiger charge is -2.37. The number of rotatable bonds is 4. The number of urea groups is 1. The van der Waals surface area contributed by atoms with E-state index in [1.54, 1.807) is 48.5 Å². The van der Waals surface area contributed by atoms with E-state index in [4.69, 9.17) is 5.26 Å². The van der Waals surface area contributed by atoms with E-state index >= 15 is 0 Å². The molecular weight excluding hydrogens is 424 g/mol. The number of benzene rings is 2. The molecule has 2 heterocycles. The predicted molar refractivity (Wildman–Crippen MR) is 123 cm³/mol. The summed E-state index contributed by atoms with van der Waals surface area (Å²) in [5.74, 6) is -0.437. The van der Waals surface area contributed by atoms with Crippen molar-refractivity contribution in [2.24, 2.45) is 0 Å². The first-order chi connectivity index (χ1) is 15.9. The Morgan fingerprint density at radius 3 is 2.30 bits per heavy atom. The van der Waals surface area contributed by atoms with Crippen LogP contribution in [0.5, 0.6) is 0 Å². The molecule has 0 aliphatic carbocycles. The minimum atomic E-state index is -0.634. The summed E-state index contributed by atoms with van der Waals surface area (Å²) in [6, 6.07) is 15.8. The Bertz CT molecular complexity index is 1150. The Morgan fingerprint density at radius 2 is 1.73 bits per heavy atom. The van der Waals surface area contributed by atoms with Crippen molar-refractivity contribution in [1.82, 2.24) is 9.88 Å². The van der Waals surface area contributed by atoms with Gasteiger partial charge in [0.25, 0.3) is 0 Å². The normalized spacial score (nSPS) is 13.9. The first-order valence-electron chi connectivity index (χ1n) is 10.6. The number of aromatic nitrogens is 1. The maximum atomic E-state index is 13.5. The number of carbonyl (C=O) groups is 1. The quantitative estimate of drug-likeness (QED) is 0.609. The smallest absolute Gasteiger partial charge is 0.321 e. The lowest BCUT2D eigenvalue weighted by Crippen LogP contribution is -2.47. The highest BCUT2D eigenvalue weighted by atomic mass is 19.1. The number of hydrogen-bond donors (Lipinski definition) is 1. The molecule has 2 amide bonds. The third-order valence-corrected chi connectivity index (χ3v) is 5.87. The van der Waals surface area contributed by atoms with E-state index in [-0.39, 0.29) is 12.1 Å². The standard InChI is InChI=1S/C25H23F2N5O/c1-31(23-8-10-32(11-9-23)24-7-2-17(15-28)16-29-24)25(33)30-22-5-3-18(4-6-22)19-12-20(26)14-21(27)13-19/h2-7,12-14,16,23H,8-11H2,1H3,(H,30,33). The number of amides is 2. The molecule has 1 aliphatic rings. The van der Waals surface area contributed by atoms with Crippen LogP contribution in [0.4, 0.5) is 25.1 Å². The Labute approximate surface area is 191 Å². The van der Waals surface area contributed by atoms with Crippen LogP contribution in [0.2, 0.25) is 0 Å². The zero-order valence-corrected chi connectivity index (χ0v) is 18.1. The second-order valence-electron chi connectivity index (χ2n) is 8.01. The molecule has 1 fully saturated rings. The number of halogens is 2. The fourth-order valence-electron chi connectivity index (χ4n) is 3.97. The van der Waals surface area contributed by atoms with E-state index in [0.717, 1.165) is 37.8 Å². The molecule has 1 N–H and O–H groups in total. The van der Waals surface area contributed by atoms with E-state index in [1.165, 1.54) is 12.1 Å². The van der Waals surface area contributed by atoms with Crippen LogP contribution in [0.25, 0.3) is 11.1 Å². The molecule has 2 aromatic carbocycles. The van der Waals surface area contributed by atoms with Gasteiger partial charge in [0, 0.05) is 44.1 Å². The zero-order chi connectivity index (χ0) is 23.4. The average molecular weight is 447 g/mol. The molecule has 1 aliphatic heterocycles. The molecule has 0 unspecified atom stereocenters. The van der Waals surface area contributed by atoms with Crippen molar-refractivity contribution in [1.29, 1.82) is 5.26 Å². The van der Waals surface area contributed by atoms with Crippen LogP contribution in [0, 0.1) is 23.0 Å². The van der Waals surface area contributed by atoms with Crippen LogP contribution in [-0.2, 0) is 0 Å². The summed E-state index contributed by atoms with van der Waals surface area (Å²) in [5.41, 5.74) is 2.22. The van der Waals surface area contributed by atoms with E-state index in [0.29, 0.717) is 22.4 Å². The van der Waals surface area contributed by atoms with E-state index in [9.17, 15) is 13.6 Å². The molecule has 168 valence electrons. The molecule has 3 aromatic rings. The van der Waals surface area contributed by atoms with Gasteiger partial charge in [0.15, 0.2) is 0 Å². The van der Waals surface area contributed by atoms with E-state index in [1.807, 2.05) is 6.07 Å². The number of hydrogen-bond acceptors (Lipinski definition) is 4. The lowest BCUT2D eigenvalue weighted by molar-refractivity contribution is 0.193. The molecule has 1 saturated heterocycles. The Balaban J connectivity index is 1.32. The monoisotopic (exact) mass is 447 g/mol. The molecule has 8 heteroatoms. The van der Waals surface area contributed by atoms with Gasteiger partial charge in [-0.15, -0.1) is 0 Å². The minimum Gasteiger partial charge on any atom is -0.356 e. The summed E-state index contributed by atoms with van der Waals surface area (Å²) in [6.45, 7) is 1.53. The van der Waals surface area contributed by atoms with Gasteiger partial charge < -0.3 is 15.1 Å². The van der Waals surface area contributed by atoms with Crippen molar-refractivity contribution in [3.63, 3.8) is 0 Å². The second-order valence-corrected chi connectivity index (χ2v) is 8.01. The highest BCUT2D eigenvalue weighted by Gasteiger charge is 2.26. The molecular formula is C25H23F2N5O. The molecule has 33 heavy (non-hydrogen) atoms. The molecule has 0 atom stereocenters. The number of carbonyl (C=O) groups excluding carboxylic acids is 1. The van der Waals surface area contributed by atoms with Crippen molar-refractivity contribution >= 4 is 17.5 Å². The number of pyridine rings is 1. The molecule has 0 radical (unpaired) electrons. The number of nitrogens with zero attached hydrogens (tertiary/aromatic N) is 4. The van der Waals surface area contributed by atoms with Crippen LogP contribution in [-0.4, -0.2) is 42.1 Å². The largest absolute Gasteiger partial charge is 0.356 e. The first kappa shape index (κ1) is 22.2. The summed E-state index contributed by atoms with van der Waals surface area (Å²) in [4.78, 5) is 20.9. The number of nitrogens with one attached hydrogen (secondary N) is 1. The van der Waals surface area contributed by atoms with E-state index in [2.05, 4.69) is 21.3 Å². The minimum absolute atomic E-state index is 0.0918. The van der Waals surface area contributed by atoms with Gasteiger partial charge in [0.2, 0.25) is 0 Å². The summed E-state index contributed by atoms with van der Waals surface area (Å²) in [7, 11) is 1.78. The van der Waals surface area contributed by atoms with Crippen molar-refractivity contribution < 1.29 is 13.6 Å². The molecule has 6 nitrogen and oxygen atoms in total. The van der Waals surface area contributed by atoms with Gasteiger partial charge in [0.05, 0.1) is 5.56 Å². The molecule has 0 saturated carbocycles. The highest BCUT2D eigenvalue weighted by Crippen LogP contribution is 2.24. The number of piperidine rings is 1. The molecule has 0 bridgehead atoms. The highest BCUT2D eigenvalue weighted by molar-refractivity contribution is 5.89. The molecule has 0 spiro atoms. The summed E-state index contributed by atoms with van der Waals surface area (Å²) >= 11 is 0. The third kappa shape index (κ3) is 5.26.